The molecule has 0 aliphatic rings. The number of anilines is 1. The summed E-state index contributed by atoms with van der Waals surface area (Å²) in [6.07, 6.45) is 11.7. The highest BCUT2D eigenvalue weighted by Gasteiger charge is 2.04. The molecule has 1 heterocycles. The van der Waals surface area contributed by atoms with Crippen molar-refractivity contribution in [1.29, 1.82) is 0 Å². The molecule has 0 fully saturated rings. The van der Waals surface area contributed by atoms with Gasteiger partial charge in [-0.2, -0.15) is 0 Å². The van der Waals surface area contributed by atoms with Gasteiger partial charge in [0.25, 0.3) is 5.91 Å². The van der Waals surface area contributed by atoms with E-state index in [2.05, 4.69) is 22.7 Å². The lowest BCUT2D eigenvalue weighted by atomic mass is 10.1. The molecule has 1 aromatic rings. The molecule has 21 heavy (non-hydrogen) atoms. The van der Waals surface area contributed by atoms with Gasteiger partial charge in [0.1, 0.15) is 5.82 Å². The van der Waals surface area contributed by atoms with E-state index in [9.17, 15) is 4.79 Å². The maximum Gasteiger partial charge on any atom is 0.252 e. The molecule has 1 rings (SSSR count). The summed E-state index contributed by atoms with van der Waals surface area (Å²) < 4.78 is 0. The summed E-state index contributed by atoms with van der Waals surface area (Å²) in [6, 6.07) is 3.40. The van der Waals surface area contributed by atoms with E-state index in [0.717, 1.165) is 13.0 Å². The second-order valence-electron chi connectivity index (χ2n) is 5.31. The van der Waals surface area contributed by atoms with Crippen LogP contribution in [0.15, 0.2) is 18.3 Å². The Balaban J connectivity index is 2.05. The van der Waals surface area contributed by atoms with E-state index in [1.807, 2.05) is 0 Å². The normalized spacial score (nSPS) is 10.4. The molecule has 4 N–H and O–H groups in total. The Kier molecular flexibility index (Phi) is 9.20. The van der Waals surface area contributed by atoms with Crippen LogP contribution in [0, 0.1) is 0 Å². The monoisotopic (exact) mass is 292 g/mol. The standard InChI is InChI=1S/C16H28N4O/c1-2-3-4-5-6-7-8-9-12-18-16(21)14-10-11-15(20-17)19-13-14/h10-11,13H,2-9,12,17H2,1H3,(H,18,21)(H,19,20). The highest BCUT2D eigenvalue weighted by molar-refractivity contribution is 5.93. The predicted octanol–water partition coefficient (Wildman–Crippen LogP) is 3.24. The summed E-state index contributed by atoms with van der Waals surface area (Å²) in [4.78, 5) is 15.9. The van der Waals surface area contributed by atoms with Crippen LogP contribution < -0.4 is 16.6 Å². The van der Waals surface area contributed by atoms with E-state index in [0.29, 0.717) is 11.4 Å². The van der Waals surface area contributed by atoms with Crippen LogP contribution in [0.25, 0.3) is 0 Å². The first-order valence-electron chi connectivity index (χ1n) is 7.98. The van der Waals surface area contributed by atoms with Gasteiger partial charge in [0.05, 0.1) is 5.56 Å². The Morgan fingerprint density at radius 2 is 1.76 bits per heavy atom. The Bertz CT molecular complexity index is 392. The predicted molar refractivity (Wildman–Crippen MR) is 87.0 cm³/mol. The van der Waals surface area contributed by atoms with Gasteiger partial charge in [0.2, 0.25) is 0 Å². The SMILES string of the molecule is CCCCCCCCCCNC(=O)c1ccc(NN)nc1. The minimum atomic E-state index is -0.0750. The molecule has 0 aliphatic heterocycles. The molecule has 0 saturated carbocycles. The number of amides is 1. The number of nitrogen functional groups attached to an aromatic ring is 1. The molecule has 0 saturated heterocycles. The number of unbranched alkanes of at least 4 members (excludes halogenated alkanes) is 7. The fraction of sp³-hybridized carbons (Fsp3) is 0.625. The largest absolute Gasteiger partial charge is 0.352 e. The molecule has 118 valence electrons. The van der Waals surface area contributed by atoms with Gasteiger partial charge in [0.15, 0.2) is 0 Å². The number of rotatable bonds is 11. The lowest BCUT2D eigenvalue weighted by molar-refractivity contribution is 0.0952. The zero-order valence-electron chi connectivity index (χ0n) is 13.0. The molecule has 5 nitrogen and oxygen atoms in total. The van der Waals surface area contributed by atoms with Crippen molar-refractivity contribution in [1.82, 2.24) is 10.3 Å². The number of hydrazine groups is 1. The minimum absolute atomic E-state index is 0.0750. The summed E-state index contributed by atoms with van der Waals surface area (Å²) in [5, 5.41) is 2.92. The van der Waals surface area contributed by atoms with Crippen LogP contribution in [0.2, 0.25) is 0 Å². The Morgan fingerprint density at radius 1 is 1.10 bits per heavy atom. The van der Waals surface area contributed by atoms with Gasteiger partial charge < -0.3 is 10.7 Å². The van der Waals surface area contributed by atoms with Crippen molar-refractivity contribution in [2.45, 2.75) is 58.3 Å². The van der Waals surface area contributed by atoms with Gasteiger partial charge in [0, 0.05) is 12.7 Å². The van der Waals surface area contributed by atoms with Crippen molar-refractivity contribution in [3.8, 4) is 0 Å². The number of hydrogen-bond acceptors (Lipinski definition) is 4. The van der Waals surface area contributed by atoms with Gasteiger partial charge in [-0.1, -0.05) is 51.9 Å². The smallest absolute Gasteiger partial charge is 0.252 e. The highest BCUT2D eigenvalue weighted by Crippen LogP contribution is 2.08. The van der Waals surface area contributed by atoms with Crippen molar-refractivity contribution in [2.24, 2.45) is 5.84 Å². The van der Waals surface area contributed by atoms with E-state index in [1.165, 1.54) is 51.1 Å². The van der Waals surface area contributed by atoms with Crippen molar-refractivity contribution in [2.75, 3.05) is 12.0 Å². The van der Waals surface area contributed by atoms with Crippen molar-refractivity contribution >= 4 is 11.7 Å². The zero-order chi connectivity index (χ0) is 15.3. The Hall–Kier alpha value is -1.62. The van der Waals surface area contributed by atoms with E-state index >= 15 is 0 Å². The van der Waals surface area contributed by atoms with Crippen LogP contribution in [0.4, 0.5) is 5.82 Å². The fourth-order valence-electron chi connectivity index (χ4n) is 2.18. The molecule has 0 unspecified atom stereocenters. The first-order chi connectivity index (χ1) is 10.3. The molecular formula is C16H28N4O. The number of pyridine rings is 1. The van der Waals surface area contributed by atoms with Crippen LogP contribution in [0.1, 0.15) is 68.6 Å². The second kappa shape index (κ2) is 11.1. The van der Waals surface area contributed by atoms with Crippen LogP contribution in [0.5, 0.6) is 0 Å². The maximum atomic E-state index is 11.8. The number of nitrogens with zero attached hydrogens (tertiary/aromatic N) is 1. The van der Waals surface area contributed by atoms with Crippen molar-refractivity contribution in [3.05, 3.63) is 23.9 Å². The number of carbonyl (C=O) groups excluding carboxylic acids is 1. The van der Waals surface area contributed by atoms with Crippen LogP contribution in [0.3, 0.4) is 0 Å². The van der Waals surface area contributed by atoms with E-state index in [-0.39, 0.29) is 5.91 Å². The Labute approximate surface area is 127 Å². The molecule has 1 amide bonds. The lowest BCUT2D eigenvalue weighted by Gasteiger charge is -2.06. The third kappa shape index (κ3) is 7.66. The van der Waals surface area contributed by atoms with Gasteiger partial charge in [-0.25, -0.2) is 10.8 Å². The highest BCUT2D eigenvalue weighted by atomic mass is 16.1. The van der Waals surface area contributed by atoms with Crippen molar-refractivity contribution in [3.63, 3.8) is 0 Å². The Morgan fingerprint density at radius 3 is 2.33 bits per heavy atom. The molecule has 5 heteroatoms. The third-order valence-electron chi connectivity index (χ3n) is 3.49. The fourth-order valence-corrected chi connectivity index (χ4v) is 2.18. The van der Waals surface area contributed by atoms with E-state index in [1.54, 1.807) is 12.1 Å². The lowest BCUT2D eigenvalue weighted by Crippen LogP contribution is -2.24. The average Bonchev–Trinajstić information content (AvgIpc) is 2.53. The number of nitrogens with two attached hydrogens (primary N) is 1. The van der Waals surface area contributed by atoms with Gasteiger partial charge in [-0.3, -0.25) is 4.79 Å². The number of hydrogen-bond donors (Lipinski definition) is 3. The second-order valence-corrected chi connectivity index (χ2v) is 5.31. The summed E-state index contributed by atoms with van der Waals surface area (Å²) in [5.41, 5.74) is 3.00. The maximum absolute atomic E-state index is 11.8. The van der Waals surface area contributed by atoms with Crippen LogP contribution >= 0.6 is 0 Å². The molecule has 1 aromatic heterocycles. The number of aromatic nitrogens is 1. The topological polar surface area (TPSA) is 80.0 Å². The summed E-state index contributed by atoms with van der Waals surface area (Å²) in [5.74, 6) is 5.70. The van der Waals surface area contributed by atoms with E-state index in [4.69, 9.17) is 5.84 Å². The number of nitrogens with one attached hydrogen (secondary N) is 2. The van der Waals surface area contributed by atoms with Gasteiger partial charge in [-0.15, -0.1) is 0 Å². The molecule has 0 aromatic carbocycles. The van der Waals surface area contributed by atoms with Crippen LogP contribution in [-0.2, 0) is 0 Å². The summed E-state index contributed by atoms with van der Waals surface area (Å²) >= 11 is 0. The van der Waals surface area contributed by atoms with Gasteiger partial charge in [-0.05, 0) is 18.6 Å². The quantitative estimate of drug-likeness (QED) is 0.332. The number of carbonyl (C=O) groups is 1. The third-order valence-corrected chi connectivity index (χ3v) is 3.49. The summed E-state index contributed by atoms with van der Waals surface area (Å²) in [7, 11) is 0. The van der Waals surface area contributed by atoms with Crippen molar-refractivity contribution < 1.29 is 4.79 Å². The molecular weight excluding hydrogens is 264 g/mol. The van der Waals surface area contributed by atoms with Crippen LogP contribution in [-0.4, -0.2) is 17.4 Å². The zero-order valence-corrected chi connectivity index (χ0v) is 13.0. The molecule has 0 radical (unpaired) electrons. The average molecular weight is 292 g/mol. The molecule has 0 atom stereocenters. The molecule has 0 spiro atoms. The minimum Gasteiger partial charge on any atom is -0.352 e. The molecule has 0 bridgehead atoms. The van der Waals surface area contributed by atoms with Gasteiger partial charge >= 0.3 is 0 Å². The summed E-state index contributed by atoms with van der Waals surface area (Å²) in [6.45, 7) is 2.96. The van der Waals surface area contributed by atoms with E-state index < -0.39 is 0 Å². The first kappa shape index (κ1) is 17.4. The first-order valence-corrected chi connectivity index (χ1v) is 7.98. The molecule has 0 aliphatic carbocycles.